The number of halogens is 2. The Morgan fingerprint density at radius 2 is 2.12 bits per heavy atom. The molecule has 4 nitrogen and oxygen atoms in total. The maximum atomic E-state index is 11.4. The second kappa shape index (κ2) is 3.57. The number of fused-ring (bicyclic) bond motifs is 3. The number of esters is 1. The minimum Gasteiger partial charge on any atom is -0.428 e. The first-order valence-corrected chi connectivity index (χ1v) is 5.51. The Hall–Kier alpha value is -1.36. The maximum Gasteiger partial charge on any atom is 0.342 e. The molecule has 86 valence electrons. The predicted octanol–water partition coefficient (Wildman–Crippen LogP) is 2.70. The molecule has 1 aromatic heterocycles. The summed E-state index contributed by atoms with van der Waals surface area (Å²) in [5, 5.41) is 10.7. The number of carbonyl (C=O) groups is 1. The third kappa shape index (κ3) is 1.42. The van der Waals surface area contributed by atoms with E-state index in [9.17, 15) is 9.90 Å². The average molecular weight is 270 g/mol. The molecule has 0 amide bonds. The van der Waals surface area contributed by atoms with E-state index in [-0.39, 0.29) is 10.6 Å². The van der Waals surface area contributed by atoms with Crippen molar-refractivity contribution in [3.8, 4) is 0 Å². The van der Waals surface area contributed by atoms with Crippen LogP contribution in [0, 0.1) is 0 Å². The van der Waals surface area contributed by atoms with E-state index in [0.29, 0.717) is 21.5 Å². The molecule has 1 aromatic carbocycles. The molecule has 0 fully saturated rings. The Bertz CT molecular complexity index is 657. The Morgan fingerprint density at radius 3 is 2.88 bits per heavy atom. The molecular formula is C11H5Cl2NO3. The van der Waals surface area contributed by atoms with Crippen molar-refractivity contribution in [1.82, 2.24) is 4.98 Å². The topological polar surface area (TPSA) is 59.4 Å². The van der Waals surface area contributed by atoms with Gasteiger partial charge < -0.3 is 9.84 Å². The van der Waals surface area contributed by atoms with Gasteiger partial charge in [0, 0.05) is 17.1 Å². The fraction of sp³-hybridized carbons (Fsp3) is 0.0909. The van der Waals surface area contributed by atoms with Gasteiger partial charge in [0.25, 0.3) is 0 Å². The van der Waals surface area contributed by atoms with Crippen LogP contribution in [0.4, 0.5) is 0 Å². The van der Waals surface area contributed by atoms with E-state index in [1.54, 1.807) is 12.1 Å². The maximum absolute atomic E-state index is 11.4. The Balaban J connectivity index is 2.49. The summed E-state index contributed by atoms with van der Waals surface area (Å²) >= 11 is 12.0. The van der Waals surface area contributed by atoms with Gasteiger partial charge in [0.15, 0.2) is 0 Å². The van der Waals surface area contributed by atoms with Crippen molar-refractivity contribution < 1.29 is 14.6 Å². The SMILES string of the molecule is O=C1OC(O)c2c1cnc1ccc(Cl)c(Cl)c21. The summed E-state index contributed by atoms with van der Waals surface area (Å²) in [5.74, 6) is -0.613. The summed E-state index contributed by atoms with van der Waals surface area (Å²) in [5.41, 5.74) is 1.09. The Morgan fingerprint density at radius 1 is 1.35 bits per heavy atom. The van der Waals surface area contributed by atoms with E-state index in [4.69, 9.17) is 27.9 Å². The van der Waals surface area contributed by atoms with Gasteiger partial charge in [-0.25, -0.2) is 4.79 Å². The molecule has 1 atom stereocenters. The first-order chi connectivity index (χ1) is 8.09. The van der Waals surface area contributed by atoms with Crippen LogP contribution in [0.15, 0.2) is 18.3 Å². The van der Waals surface area contributed by atoms with Crippen LogP contribution in [-0.4, -0.2) is 16.1 Å². The van der Waals surface area contributed by atoms with Crippen LogP contribution in [0.2, 0.25) is 10.0 Å². The van der Waals surface area contributed by atoms with Gasteiger partial charge in [0.1, 0.15) is 0 Å². The monoisotopic (exact) mass is 269 g/mol. The van der Waals surface area contributed by atoms with Gasteiger partial charge in [-0.1, -0.05) is 23.2 Å². The number of nitrogens with zero attached hydrogens (tertiary/aromatic N) is 1. The molecule has 3 rings (SSSR count). The summed E-state index contributed by atoms with van der Waals surface area (Å²) in [6.45, 7) is 0. The number of pyridine rings is 1. The molecule has 1 aliphatic rings. The third-order valence-electron chi connectivity index (χ3n) is 2.65. The number of aliphatic hydroxyl groups excluding tert-OH is 1. The summed E-state index contributed by atoms with van der Waals surface area (Å²) < 4.78 is 4.71. The molecule has 6 heteroatoms. The number of aliphatic hydroxyl groups is 1. The van der Waals surface area contributed by atoms with E-state index < -0.39 is 12.3 Å². The molecule has 1 N–H and O–H groups in total. The predicted molar refractivity (Wildman–Crippen MR) is 62.1 cm³/mol. The lowest BCUT2D eigenvalue weighted by atomic mass is 10.0. The number of ether oxygens (including phenoxy) is 1. The van der Waals surface area contributed by atoms with Crippen molar-refractivity contribution in [2.75, 3.05) is 0 Å². The highest BCUT2D eigenvalue weighted by molar-refractivity contribution is 6.45. The molecule has 1 aliphatic heterocycles. The van der Waals surface area contributed by atoms with Gasteiger partial charge in [-0.3, -0.25) is 4.98 Å². The fourth-order valence-corrected chi connectivity index (χ4v) is 2.30. The lowest BCUT2D eigenvalue weighted by Gasteiger charge is -2.08. The van der Waals surface area contributed by atoms with Crippen LogP contribution in [0.25, 0.3) is 10.9 Å². The molecule has 0 aliphatic carbocycles. The van der Waals surface area contributed by atoms with Crippen molar-refractivity contribution in [3.05, 3.63) is 39.5 Å². The number of carbonyl (C=O) groups excluding carboxylic acids is 1. The van der Waals surface area contributed by atoms with Crippen molar-refractivity contribution in [1.29, 1.82) is 0 Å². The van der Waals surface area contributed by atoms with Crippen molar-refractivity contribution >= 4 is 40.1 Å². The molecule has 0 spiro atoms. The molecule has 0 saturated heterocycles. The second-order valence-electron chi connectivity index (χ2n) is 3.60. The first-order valence-electron chi connectivity index (χ1n) is 4.75. The van der Waals surface area contributed by atoms with Crippen LogP contribution in [0.5, 0.6) is 0 Å². The molecule has 2 heterocycles. The van der Waals surface area contributed by atoms with Crippen LogP contribution in [-0.2, 0) is 4.74 Å². The van der Waals surface area contributed by atoms with Crippen molar-refractivity contribution in [2.45, 2.75) is 6.29 Å². The minimum absolute atomic E-state index is 0.217. The van der Waals surface area contributed by atoms with Gasteiger partial charge >= 0.3 is 5.97 Å². The number of cyclic esters (lactones) is 1. The standard InChI is InChI=1S/C11H5Cl2NO3/c12-5-1-2-6-8(9(5)13)7-4(3-14-6)10(15)17-11(7)16/h1-3,11,16H. The quantitative estimate of drug-likeness (QED) is 0.748. The number of benzene rings is 1. The lowest BCUT2D eigenvalue weighted by molar-refractivity contribution is -0.0540. The highest BCUT2D eigenvalue weighted by Gasteiger charge is 2.33. The van der Waals surface area contributed by atoms with Crippen molar-refractivity contribution in [3.63, 3.8) is 0 Å². The molecule has 17 heavy (non-hydrogen) atoms. The number of rotatable bonds is 0. The lowest BCUT2D eigenvalue weighted by Crippen LogP contribution is -1.96. The average Bonchev–Trinajstić information content (AvgIpc) is 2.60. The smallest absolute Gasteiger partial charge is 0.342 e. The molecule has 0 saturated carbocycles. The van der Waals surface area contributed by atoms with Crippen LogP contribution in [0.3, 0.4) is 0 Å². The summed E-state index contributed by atoms with van der Waals surface area (Å²) in [6.07, 6.45) is 0.0412. The van der Waals surface area contributed by atoms with Crippen molar-refractivity contribution in [2.24, 2.45) is 0 Å². The van der Waals surface area contributed by atoms with Gasteiger partial charge in [-0.15, -0.1) is 0 Å². The molecule has 0 radical (unpaired) electrons. The Kier molecular flexibility index (Phi) is 2.26. The fourth-order valence-electron chi connectivity index (χ4n) is 1.89. The molecular weight excluding hydrogens is 265 g/mol. The van der Waals surface area contributed by atoms with Gasteiger partial charge in [-0.2, -0.15) is 0 Å². The van der Waals surface area contributed by atoms with Crippen LogP contribution >= 0.6 is 23.2 Å². The van der Waals surface area contributed by atoms with E-state index in [1.807, 2.05) is 0 Å². The van der Waals surface area contributed by atoms with E-state index >= 15 is 0 Å². The zero-order valence-corrected chi connectivity index (χ0v) is 9.79. The number of aromatic nitrogens is 1. The second-order valence-corrected chi connectivity index (χ2v) is 4.38. The molecule has 0 bridgehead atoms. The number of hydrogen-bond acceptors (Lipinski definition) is 4. The highest BCUT2D eigenvalue weighted by Crippen LogP contribution is 2.39. The molecule has 2 aromatic rings. The highest BCUT2D eigenvalue weighted by atomic mass is 35.5. The first kappa shape index (κ1) is 10.8. The van der Waals surface area contributed by atoms with Gasteiger partial charge in [0.2, 0.25) is 6.29 Å². The van der Waals surface area contributed by atoms with E-state index in [1.165, 1.54) is 6.20 Å². The summed E-state index contributed by atoms with van der Waals surface area (Å²) in [4.78, 5) is 15.5. The summed E-state index contributed by atoms with van der Waals surface area (Å²) in [7, 11) is 0. The third-order valence-corrected chi connectivity index (χ3v) is 3.45. The summed E-state index contributed by atoms with van der Waals surface area (Å²) in [6, 6.07) is 3.27. The van der Waals surface area contributed by atoms with Crippen LogP contribution < -0.4 is 0 Å². The zero-order valence-electron chi connectivity index (χ0n) is 8.28. The normalized spacial score (nSPS) is 18.3. The zero-order chi connectivity index (χ0) is 12.2. The molecule has 1 unspecified atom stereocenters. The number of hydrogen-bond donors (Lipinski definition) is 1. The van der Waals surface area contributed by atoms with Gasteiger partial charge in [-0.05, 0) is 12.1 Å². The minimum atomic E-state index is -1.32. The Labute approximate surface area is 106 Å². The van der Waals surface area contributed by atoms with Gasteiger partial charge in [0.05, 0.1) is 21.1 Å². The van der Waals surface area contributed by atoms with Crippen LogP contribution in [0.1, 0.15) is 22.2 Å². The van der Waals surface area contributed by atoms with E-state index in [0.717, 1.165) is 0 Å². The van der Waals surface area contributed by atoms with E-state index in [2.05, 4.69) is 4.98 Å². The largest absolute Gasteiger partial charge is 0.428 e.